The summed E-state index contributed by atoms with van der Waals surface area (Å²) in [6, 6.07) is 4.76. The molecule has 1 N–H and O–H groups in total. The summed E-state index contributed by atoms with van der Waals surface area (Å²) in [5.74, 6) is -0.596. The van der Waals surface area contributed by atoms with E-state index >= 15 is 0 Å². The van der Waals surface area contributed by atoms with Crippen molar-refractivity contribution < 1.29 is 13.9 Å². The van der Waals surface area contributed by atoms with E-state index in [1.165, 1.54) is 25.6 Å². The minimum absolute atomic E-state index is 0.0957. The van der Waals surface area contributed by atoms with Crippen molar-refractivity contribution in [2.24, 2.45) is 0 Å². The first-order valence-electron chi connectivity index (χ1n) is 5.54. The Balaban J connectivity index is 2.22. The van der Waals surface area contributed by atoms with Crippen LogP contribution < -0.4 is 5.32 Å². The number of ether oxygens (including phenoxy) is 1. The Hall–Kier alpha value is -2.50. The van der Waals surface area contributed by atoms with Crippen LogP contribution >= 0.6 is 0 Å². The Labute approximate surface area is 109 Å². The maximum absolute atomic E-state index is 13.6. The zero-order valence-corrected chi connectivity index (χ0v) is 10.5. The monoisotopic (exact) mass is 261 g/mol. The van der Waals surface area contributed by atoms with Crippen molar-refractivity contribution in [3.8, 4) is 0 Å². The molecule has 6 heteroatoms. The number of carbonyl (C=O) groups excluding carboxylic acids is 1. The molecule has 98 valence electrons. The van der Waals surface area contributed by atoms with Crippen LogP contribution in [0.25, 0.3) is 0 Å². The lowest BCUT2D eigenvalue weighted by molar-refractivity contribution is 0.0593. The number of aromatic nitrogens is 2. The lowest BCUT2D eigenvalue weighted by Gasteiger charge is -2.09. The topological polar surface area (TPSA) is 64.1 Å². The third-order valence-corrected chi connectivity index (χ3v) is 2.52. The van der Waals surface area contributed by atoms with Crippen LogP contribution in [0.1, 0.15) is 16.1 Å². The van der Waals surface area contributed by atoms with Crippen LogP contribution in [-0.2, 0) is 4.74 Å². The van der Waals surface area contributed by atoms with Gasteiger partial charge in [0.05, 0.1) is 25.2 Å². The summed E-state index contributed by atoms with van der Waals surface area (Å²) in [6.45, 7) is 1.78. The number of rotatable bonds is 3. The largest absolute Gasteiger partial charge is 0.464 e. The molecular formula is C13H12FN3O2. The molecule has 0 saturated carbocycles. The Morgan fingerprint density at radius 2 is 2.11 bits per heavy atom. The number of hydrogen-bond donors (Lipinski definition) is 1. The molecule has 1 heterocycles. The van der Waals surface area contributed by atoms with Crippen molar-refractivity contribution in [1.82, 2.24) is 9.97 Å². The highest BCUT2D eigenvalue weighted by atomic mass is 19.1. The smallest absolute Gasteiger partial charge is 0.358 e. The van der Waals surface area contributed by atoms with Gasteiger partial charge in [0, 0.05) is 0 Å². The van der Waals surface area contributed by atoms with E-state index in [1.807, 2.05) is 0 Å². The van der Waals surface area contributed by atoms with Crippen LogP contribution in [0.3, 0.4) is 0 Å². The second-order valence-electron chi connectivity index (χ2n) is 3.84. The van der Waals surface area contributed by atoms with Gasteiger partial charge in [-0.2, -0.15) is 0 Å². The van der Waals surface area contributed by atoms with Crippen LogP contribution in [0.15, 0.2) is 30.6 Å². The number of methoxy groups -OCH3 is 1. The second-order valence-corrected chi connectivity index (χ2v) is 3.84. The van der Waals surface area contributed by atoms with E-state index in [1.54, 1.807) is 19.1 Å². The molecule has 19 heavy (non-hydrogen) atoms. The van der Waals surface area contributed by atoms with Gasteiger partial charge >= 0.3 is 5.97 Å². The van der Waals surface area contributed by atoms with E-state index in [0.29, 0.717) is 11.5 Å². The lowest BCUT2D eigenvalue weighted by atomic mass is 10.2. The molecule has 0 aliphatic heterocycles. The van der Waals surface area contributed by atoms with E-state index in [9.17, 15) is 9.18 Å². The van der Waals surface area contributed by atoms with Crippen molar-refractivity contribution in [3.05, 3.63) is 47.7 Å². The number of nitrogens with zero attached hydrogens (tertiary/aromatic N) is 2. The Kier molecular flexibility index (Phi) is 3.70. The molecule has 2 aromatic rings. The highest BCUT2D eigenvalue weighted by molar-refractivity contribution is 5.86. The number of hydrogen-bond acceptors (Lipinski definition) is 5. The van der Waals surface area contributed by atoms with Crippen LogP contribution in [-0.4, -0.2) is 23.0 Å². The Morgan fingerprint density at radius 3 is 2.68 bits per heavy atom. The van der Waals surface area contributed by atoms with Crippen LogP contribution in [0.2, 0.25) is 0 Å². The summed E-state index contributed by atoms with van der Waals surface area (Å²) < 4.78 is 18.1. The van der Waals surface area contributed by atoms with Crippen molar-refractivity contribution >= 4 is 17.5 Å². The minimum atomic E-state index is -0.568. The molecular weight excluding hydrogens is 249 g/mol. The molecule has 0 aliphatic carbocycles. The van der Waals surface area contributed by atoms with E-state index < -0.39 is 5.97 Å². The molecule has 0 spiro atoms. The first-order valence-corrected chi connectivity index (χ1v) is 5.54. The predicted octanol–water partition coefficient (Wildman–Crippen LogP) is 2.45. The average molecular weight is 261 g/mol. The molecule has 1 aromatic carbocycles. The highest BCUT2D eigenvalue weighted by Gasteiger charge is 2.09. The molecule has 5 nitrogen and oxygen atoms in total. The fourth-order valence-corrected chi connectivity index (χ4v) is 1.52. The maximum Gasteiger partial charge on any atom is 0.358 e. The quantitative estimate of drug-likeness (QED) is 0.860. The maximum atomic E-state index is 13.6. The first kappa shape index (κ1) is 12.9. The summed E-state index contributed by atoms with van der Waals surface area (Å²) in [7, 11) is 1.26. The number of carbonyl (C=O) groups is 1. The fraction of sp³-hybridized carbons (Fsp3) is 0.154. The van der Waals surface area contributed by atoms with E-state index in [-0.39, 0.29) is 11.5 Å². The van der Waals surface area contributed by atoms with Crippen molar-refractivity contribution in [3.63, 3.8) is 0 Å². The lowest BCUT2D eigenvalue weighted by Crippen LogP contribution is -2.06. The average Bonchev–Trinajstić information content (AvgIpc) is 2.43. The summed E-state index contributed by atoms with van der Waals surface area (Å²) in [5, 5.41) is 2.82. The summed E-state index contributed by atoms with van der Waals surface area (Å²) in [4.78, 5) is 19.1. The third kappa shape index (κ3) is 2.85. The van der Waals surface area contributed by atoms with E-state index in [0.717, 1.165) is 5.56 Å². The number of benzene rings is 1. The molecule has 1 aromatic heterocycles. The van der Waals surface area contributed by atoms with Crippen LogP contribution in [0, 0.1) is 12.7 Å². The summed E-state index contributed by atoms with van der Waals surface area (Å²) in [5.41, 5.74) is 1.18. The van der Waals surface area contributed by atoms with Crippen LogP contribution in [0.5, 0.6) is 0 Å². The summed E-state index contributed by atoms with van der Waals surface area (Å²) in [6.07, 6.45) is 2.61. The molecule has 0 bridgehead atoms. The zero-order valence-electron chi connectivity index (χ0n) is 10.5. The van der Waals surface area contributed by atoms with Gasteiger partial charge in [0.2, 0.25) is 0 Å². The molecule has 0 saturated heterocycles. The van der Waals surface area contributed by atoms with E-state index in [4.69, 9.17) is 0 Å². The van der Waals surface area contributed by atoms with Gasteiger partial charge in [0.15, 0.2) is 5.69 Å². The standard InChI is InChI=1S/C13H12FN3O2/c1-8-4-3-5-9(14)12(8)17-11-7-15-10(6-16-11)13(18)19-2/h3-7H,1-2H3,(H,16,17). The molecule has 2 rings (SSSR count). The van der Waals surface area contributed by atoms with Gasteiger partial charge in [-0.3, -0.25) is 0 Å². The van der Waals surface area contributed by atoms with Gasteiger partial charge in [-0.05, 0) is 18.6 Å². The van der Waals surface area contributed by atoms with Gasteiger partial charge in [-0.1, -0.05) is 12.1 Å². The molecule has 0 atom stereocenters. The number of esters is 1. The first-order chi connectivity index (χ1) is 9.11. The van der Waals surface area contributed by atoms with Gasteiger partial charge < -0.3 is 10.1 Å². The van der Waals surface area contributed by atoms with Crippen molar-refractivity contribution in [2.45, 2.75) is 6.92 Å². The fourth-order valence-electron chi connectivity index (χ4n) is 1.52. The number of halogens is 1. The third-order valence-electron chi connectivity index (χ3n) is 2.52. The number of aryl methyl sites for hydroxylation is 1. The highest BCUT2D eigenvalue weighted by Crippen LogP contribution is 2.22. The number of nitrogens with one attached hydrogen (secondary N) is 1. The molecule has 0 unspecified atom stereocenters. The Morgan fingerprint density at radius 1 is 1.32 bits per heavy atom. The SMILES string of the molecule is COC(=O)c1cnc(Nc2c(C)cccc2F)cn1. The molecule has 0 aliphatic rings. The number of anilines is 2. The minimum Gasteiger partial charge on any atom is -0.464 e. The van der Waals surface area contributed by atoms with E-state index in [2.05, 4.69) is 20.0 Å². The number of para-hydroxylation sites is 1. The van der Waals surface area contributed by atoms with Gasteiger partial charge in [0.1, 0.15) is 11.6 Å². The van der Waals surface area contributed by atoms with Crippen LogP contribution in [0.4, 0.5) is 15.9 Å². The van der Waals surface area contributed by atoms with Crippen molar-refractivity contribution in [2.75, 3.05) is 12.4 Å². The van der Waals surface area contributed by atoms with Gasteiger partial charge in [-0.25, -0.2) is 19.2 Å². The zero-order chi connectivity index (χ0) is 13.8. The second kappa shape index (κ2) is 5.43. The predicted molar refractivity (Wildman–Crippen MR) is 67.8 cm³/mol. The van der Waals surface area contributed by atoms with Gasteiger partial charge in [-0.15, -0.1) is 0 Å². The summed E-state index contributed by atoms with van der Waals surface area (Å²) >= 11 is 0. The Bertz CT molecular complexity index is 579. The van der Waals surface area contributed by atoms with Crippen molar-refractivity contribution in [1.29, 1.82) is 0 Å². The molecule has 0 radical (unpaired) electrons. The molecule has 0 amide bonds. The molecule has 0 fully saturated rings. The van der Waals surface area contributed by atoms with Gasteiger partial charge in [0.25, 0.3) is 0 Å². The normalized spacial score (nSPS) is 10.1.